The SMILES string of the molecule is COC(=O)C(C)(C)CNCCCCCCO. The summed E-state index contributed by atoms with van der Waals surface area (Å²) < 4.78 is 4.72. The lowest BCUT2D eigenvalue weighted by atomic mass is 9.94. The number of ether oxygens (including phenoxy) is 1. The highest BCUT2D eigenvalue weighted by molar-refractivity contribution is 5.75. The average Bonchev–Trinajstić information content (AvgIpc) is 2.26. The second-order valence-corrected chi connectivity index (χ2v) is 4.69. The molecule has 96 valence electrons. The van der Waals surface area contributed by atoms with E-state index in [0.717, 1.165) is 32.2 Å². The van der Waals surface area contributed by atoms with Crippen LogP contribution in [0.1, 0.15) is 39.5 Å². The molecule has 0 amide bonds. The predicted molar refractivity (Wildman–Crippen MR) is 64.2 cm³/mol. The number of carbonyl (C=O) groups excluding carboxylic acids is 1. The Morgan fingerprint density at radius 1 is 1.25 bits per heavy atom. The molecule has 0 bridgehead atoms. The van der Waals surface area contributed by atoms with Crippen LogP contribution >= 0.6 is 0 Å². The van der Waals surface area contributed by atoms with E-state index in [2.05, 4.69) is 5.32 Å². The molecule has 0 aromatic heterocycles. The van der Waals surface area contributed by atoms with Crippen molar-refractivity contribution in [3.8, 4) is 0 Å². The molecule has 0 aliphatic heterocycles. The van der Waals surface area contributed by atoms with Crippen molar-refractivity contribution in [3.05, 3.63) is 0 Å². The van der Waals surface area contributed by atoms with Gasteiger partial charge in [-0.3, -0.25) is 4.79 Å². The van der Waals surface area contributed by atoms with Gasteiger partial charge in [0.25, 0.3) is 0 Å². The molecule has 0 saturated carbocycles. The van der Waals surface area contributed by atoms with E-state index in [0.29, 0.717) is 6.54 Å². The second-order valence-electron chi connectivity index (χ2n) is 4.69. The van der Waals surface area contributed by atoms with Gasteiger partial charge in [0.05, 0.1) is 12.5 Å². The Morgan fingerprint density at radius 3 is 2.44 bits per heavy atom. The summed E-state index contributed by atoms with van der Waals surface area (Å²) in [6.45, 7) is 5.57. The molecular weight excluding hydrogens is 206 g/mol. The van der Waals surface area contributed by atoms with Crippen molar-refractivity contribution >= 4 is 5.97 Å². The van der Waals surface area contributed by atoms with Gasteiger partial charge >= 0.3 is 5.97 Å². The maximum absolute atomic E-state index is 11.3. The number of methoxy groups -OCH3 is 1. The first-order valence-electron chi connectivity index (χ1n) is 5.94. The van der Waals surface area contributed by atoms with Gasteiger partial charge in [0.2, 0.25) is 0 Å². The molecule has 0 heterocycles. The summed E-state index contributed by atoms with van der Waals surface area (Å²) in [6, 6.07) is 0. The van der Waals surface area contributed by atoms with Crippen molar-refractivity contribution in [2.45, 2.75) is 39.5 Å². The molecule has 0 aromatic carbocycles. The number of hydrogen-bond acceptors (Lipinski definition) is 4. The summed E-state index contributed by atoms with van der Waals surface area (Å²) in [5.41, 5.74) is -0.458. The van der Waals surface area contributed by atoms with Crippen LogP contribution in [0.3, 0.4) is 0 Å². The van der Waals surface area contributed by atoms with E-state index in [-0.39, 0.29) is 12.6 Å². The Hall–Kier alpha value is -0.610. The number of esters is 1. The highest BCUT2D eigenvalue weighted by atomic mass is 16.5. The van der Waals surface area contributed by atoms with Gasteiger partial charge in [0.1, 0.15) is 0 Å². The third-order valence-electron chi connectivity index (χ3n) is 2.57. The van der Waals surface area contributed by atoms with E-state index >= 15 is 0 Å². The fourth-order valence-corrected chi connectivity index (χ4v) is 1.46. The Bertz CT molecular complexity index is 193. The summed E-state index contributed by atoms with van der Waals surface area (Å²) in [5, 5.41) is 11.9. The van der Waals surface area contributed by atoms with Gasteiger partial charge in [0, 0.05) is 13.2 Å². The first-order valence-corrected chi connectivity index (χ1v) is 5.94. The number of hydrogen-bond donors (Lipinski definition) is 2. The monoisotopic (exact) mass is 231 g/mol. The zero-order valence-corrected chi connectivity index (χ0v) is 10.7. The van der Waals surface area contributed by atoms with E-state index in [4.69, 9.17) is 9.84 Å². The van der Waals surface area contributed by atoms with Crippen molar-refractivity contribution in [2.24, 2.45) is 5.41 Å². The van der Waals surface area contributed by atoms with Crippen LogP contribution in [0.5, 0.6) is 0 Å². The van der Waals surface area contributed by atoms with Crippen LogP contribution in [-0.4, -0.2) is 37.9 Å². The lowest BCUT2D eigenvalue weighted by molar-refractivity contribution is -0.150. The third-order valence-corrected chi connectivity index (χ3v) is 2.57. The summed E-state index contributed by atoms with van der Waals surface area (Å²) >= 11 is 0. The minimum atomic E-state index is -0.458. The summed E-state index contributed by atoms with van der Waals surface area (Å²) in [7, 11) is 1.42. The summed E-state index contributed by atoms with van der Waals surface area (Å²) in [6.07, 6.45) is 4.15. The van der Waals surface area contributed by atoms with Gasteiger partial charge in [-0.2, -0.15) is 0 Å². The summed E-state index contributed by atoms with van der Waals surface area (Å²) in [4.78, 5) is 11.3. The Morgan fingerprint density at radius 2 is 1.88 bits per heavy atom. The topological polar surface area (TPSA) is 58.6 Å². The van der Waals surface area contributed by atoms with Crippen LogP contribution in [0.15, 0.2) is 0 Å². The molecule has 0 fully saturated rings. The molecule has 0 aliphatic carbocycles. The van der Waals surface area contributed by atoms with Gasteiger partial charge < -0.3 is 15.2 Å². The lowest BCUT2D eigenvalue weighted by Crippen LogP contribution is -2.37. The number of aliphatic hydroxyl groups is 1. The van der Waals surface area contributed by atoms with E-state index in [1.165, 1.54) is 7.11 Å². The van der Waals surface area contributed by atoms with Crippen molar-refractivity contribution < 1.29 is 14.6 Å². The molecular formula is C12H25NO3. The molecule has 0 radical (unpaired) electrons. The van der Waals surface area contributed by atoms with Crippen molar-refractivity contribution in [1.82, 2.24) is 5.32 Å². The van der Waals surface area contributed by atoms with Crippen molar-refractivity contribution in [2.75, 3.05) is 26.8 Å². The minimum Gasteiger partial charge on any atom is -0.469 e. The third kappa shape index (κ3) is 6.80. The molecule has 0 saturated heterocycles. The first kappa shape index (κ1) is 15.4. The Balaban J connectivity index is 3.47. The van der Waals surface area contributed by atoms with Gasteiger partial charge in [-0.25, -0.2) is 0 Å². The predicted octanol–water partition coefficient (Wildman–Crippen LogP) is 1.33. The molecule has 0 aromatic rings. The normalized spacial score (nSPS) is 11.5. The highest BCUT2D eigenvalue weighted by Gasteiger charge is 2.27. The highest BCUT2D eigenvalue weighted by Crippen LogP contribution is 2.15. The van der Waals surface area contributed by atoms with Gasteiger partial charge in [-0.15, -0.1) is 0 Å². The standard InChI is InChI=1S/C12H25NO3/c1-12(2,11(15)16-3)10-13-8-6-4-5-7-9-14/h13-14H,4-10H2,1-3H3. The fourth-order valence-electron chi connectivity index (χ4n) is 1.46. The number of unbranched alkanes of at least 4 members (excludes halogenated alkanes) is 3. The second kappa shape index (κ2) is 8.53. The molecule has 0 unspecified atom stereocenters. The van der Waals surface area contributed by atoms with E-state index in [9.17, 15) is 4.79 Å². The van der Waals surface area contributed by atoms with Gasteiger partial charge in [-0.1, -0.05) is 12.8 Å². The smallest absolute Gasteiger partial charge is 0.312 e. The Labute approximate surface area is 98.4 Å². The van der Waals surface area contributed by atoms with Crippen LogP contribution in [0.4, 0.5) is 0 Å². The molecule has 0 spiro atoms. The molecule has 16 heavy (non-hydrogen) atoms. The van der Waals surface area contributed by atoms with Gasteiger partial charge in [0.15, 0.2) is 0 Å². The lowest BCUT2D eigenvalue weighted by Gasteiger charge is -2.21. The van der Waals surface area contributed by atoms with Gasteiger partial charge in [-0.05, 0) is 33.2 Å². The van der Waals surface area contributed by atoms with Crippen molar-refractivity contribution in [1.29, 1.82) is 0 Å². The Kier molecular flexibility index (Phi) is 8.21. The number of aliphatic hydroxyl groups excluding tert-OH is 1. The zero-order chi connectivity index (χ0) is 12.4. The number of carbonyl (C=O) groups is 1. The molecule has 4 nitrogen and oxygen atoms in total. The van der Waals surface area contributed by atoms with Crippen LogP contribution in [-0.2, 0) is 9.53 Å². The number of nitrogens with one attached hydrogen (secondary N) is 1. The molecule has 0 aliphatic rings. The van der Waals surface area contributed by atoms with Crippen LogP contribution in [0.25, 0.3) is 0 Å². The molecule has 2 N–H and O–H groups in total. The van der Waals surface area contributed by atoms with E-state index < -0.39 is 5.41 Å². The molecule has 4 heteroatoms. The summed E-state index contributed by atoms with van der Waals surface area (Å²) in [5.74, 6) is -0.180. The average molecular weight is 231 g/mol. The fraction of sp³-hybridized carbons (Fsp3) is 0.917. The van der Waals surface area contributed by atoms with Crippen LogP contribution in [0.2, 0.25) is 0 Å². The quantitative estimate of drug-likeness (QED) is 0.464. The van der Waals surface area contributed by atoms with Crippen LogP contribution < -0.4 is 5.32 Å². The van der Waals surface area contributed by atoms with E-state index in [1.54, 1.807) is 0 Å². The zero-order valence-electron chi connectivity index (χ0n) is 10.7. The largest absolute Gasteiger partial charge is 0.469 e. The van der Waals surface area contributed by atoms with E-state index in [1.807, 2.05) is 13.8 Å². The molecule has 0 atom stereocenters. The maximum atomic E-state index is 11.3. The minimum absolute atomic E-state index is 0.180. The maximum Gasteiger partial charge on any atom is 0.312 e. The van der Waals surface area contributed by atoms with Crippen LogP contribution in [0, 0.1) is 5.41 Å². The van der Waals surface area contributed by atoms with Crippen molar-refractivity contribution in [3.63, 3.8) is 0 Å². The first-order chi connectivity index (χ1) is 7.54. The number of rotatable bonds is 9. The molecule has 0 rings (SSSR count).